The van der Waals surface area contributed by atoms with Gasteiger partial charge < -0.3 is 10.6 Å². The van der Waals surface area contributed by atoms with Crippen molar-refractivity contribution in [2.75, 3.05) is 5.32 Å². The lowest BCUT2D eigenvalue weighted by atomic mass is 9.98. The Bertz CT molecular complexity index is 996. The summed E-state index contributed by atoms with van der Waals surface area (Å²) in [5.41, 5.74) is 2.82. The van der Waals surface area contributed by atoms with Crippen molar-refractivity contribution in [2.24, 2.45) is 0 Å². The fourth-order valence-electron chi connectivity index (χ4n) is 2.81. The first kappa shape index (κ1) is 19.0. The third-order valence-electron chi connectivity index (χ3n) is 4.18. The number of anilines is 1. The Morgan fingerprint density at radius 3 is 2.00 bits per heavy atom. The molecule has 0 aliphatic rings. The van der Waals surface area contributed by atoms with Crippen molar-refractivity contribution in [2.45, 2.75) is 13.5 Å². The second kappa shape index (κ2) is 8.77. The molecule has 5 nitrogen and oxygen atoms in total. The second-order valence-electron chi connectivity index (χ2n) is 6.30. The molecule has 0 spiro atoms. The summed E-state index contributed by atoms with van der Waals surface area (Å²) in [4.78, 5) is 36.5. The van der Waals surface area contributed by atoms with Crippen LogP contribution in [0.25, 0.3) is 0 Å². The van der Waals surface area contributed by atoms with Gasteiger partial charge in [-0.05, 0) is 23.8 Å². The topological polar surface area (TPSA) is 75.3 Å². The molecular weight excluding hydrogens is 352 g/mol. The summed E-state index contributed by atoms with van der Waals surface area (Å²) in [6.07, 6.45) is 0. The summed E-state index contributed by atoms with van der Waals surface area (Å²) in [5.74, 6) is -0.641. The maximum atomic E-state index is 12.8. The smallest absolute Gasteiger partial charge is 0.252 e. The Hall–Kier alpha value is -3.73. The minimum Gasteiger partial charge on any atom is -0.348 e. The van der Waals surface area contributed by atoms with E-state index in [0.29, 0.717) is 28.9 Å². The molecule has 3 rings (SSSR count). The van der Waals surface area contributed by atoms with Crippen molar-refractivity contribution in [3.63, 3.8) is 0 Å². The van der Waals surface area contributed by atoms with E-state index in [9.17, 15) is 14.4 Å². The molecule has 0 aliphatic carbocycles. The van der Waals surface area contributed by atoms with Crippen molar-refractivity contribution in [3.8, 4) is 0 Å². The van der Waals surface area contributed by atoms with Gasteiger partial charge in [0, 0.05) is 30.3 Å². The van der Waals surface area contributed by atoms with E-state index in [1.165, 1.54) is 6.92 Å². The minimum atomic E-state index is -0.314. The number of hydrogen-bond acceptors (Lipinski definition) is 3. The summed E-state index contributed by atoms with van der Waals surface area (Å²) in [6.45, 7) is 1.76. The van der Waals surface area contributed by atoms with E-state index in [1.54, 1.807) is 60.7 Å². The number of benzene rings is 3. The number of carbonyl (C=O) groups is 3. The number of ketones is 1. The summed E-state index contributed by atoms with van der Waals surface area (Å²) in [7, 11) is 0. The molecule has 0 saturated heterocycles. The molecule has 3 aromatic carbocycles. The monoisotopic (exact) mass is 372 g/mol. The zero-order chi connectivity index (χ0) is 19.9. The van der Waals surface area contributed by atoms with Gasteiger partial charge in [0.2, 0.25) is 5.91 Å². The van der Waals surface area contributed by atoms with Gasteiger partial charge in [0.15, 0.2) is 5.78 Å². The predicted molar refractivity (Wildman–Crippen MR) is 108 cm³/mol. The van der Waals surface area contributed by atoms with E-state index in [1.807, 2.05) is 18.2 Å². The highest BCUT2D eigenvalue weighted by Crippen LogP contribution is 2.15. The number of hydrogen-bond donors (Lipinski definition) is 2. The lowest BCUT2D eigenvalue weighted by Gasteiger charge is -2.10. The van der Waals surface area contributed by atoms with Crippen LogP contribution in [0.2, 0.25) is 0 Å². The molecule has 0 aromatic heterocycles. The average Bonchev–Trinajstić information content (AvgIpc) is 2.72. The third-order valence-corrected chi connectivity index (χ3v) is 4.18. The van der Waals surface area contributed by atoms with Crippen LogP contribution in [0.5, 0.6) is 0 Å². The summed E-state index contributed by atoms with van der Waals surface area (Å²) in [6, 6.07) is 22.9. The Morgan fingerprint density at radius 1 is 0.750 bits per heavy atom. The lowest BCUT2D eigenvalue weighted by molar-refractivity contribution is -0.114. The van der Waals surface area contributed by atoms with Gasteiger partial charge in [-0.25, -0.2) is 0 Å². The van der Waals surface area contributed by atoms with E-state index in [0.717, 1.165) is 5.56 Å². The molecule has 0 unspecified atom stereocenters. The number of nitrogens with one attached hydrogen (secondary N) is 2. The number of amides is 2. The molecule has 0 bridgehead atoms. The van der Waals surface area contributed by atoms with Gasteiger partial charge in [0.25, 0.3) is 5.91 Å². The molecule has 140 valence electrons. The number of rotatable bonds is 6. The van der Waals surface area contributed by atoms with Crippen molar-refractivity contribution >= 4 is 23.3 Å². The van der Waals surface area contributed by atoms with Crippen molar-refractivity contribution < 1.29 is 14.4 Å². The molecule has 28 heavy (non-hydrogen) atoms. The quantitative estimate of drug-likeness (QED) is 0.646. The SMILES string of the molecule is CC(=O)Nc1ccc(CNC(=O)c2ccccc2C(=O)c2ccccc2)cc1. The van der Waals surface area contributed by atoms with Gasteiger partial charge in [-0.2, -0.15) is 0 Å². The van der Waals surface area contributed by atoms with E-state index in [4.69, 9.17) is 0 Å². The van der Waals surface area contributed by atoms with Gasteiger partial charge in [-0.1, -0.05) is 60.7 Å². The maximum Gasteiger partial charge on any atom is 0.252 e. The fourth-order valence-corrected chi connectivity index (χ4v) is 2.81. The van der Waals surface area contributed by atoms with E-state index in [2.05, 4.69) is 10.6 Å². The Balaban J connectivity index is 1.71. The third kappa shape index (κ3) is 4.71. The predicted octanol–water partition coefficient (Wildman–Crippen LogP) is 3.81. The molecule has 0 saturated carbocycles. The van der Waals surface area contributed by atoms with Crippen molar-refractivity contribution in [3.05, 3.63) is 101 Å². The van der Waals surface area contributed by atoms with Crippen LogP contribution in [0.1, 0.15) is 38.8 Å². The van der Waals surface area contributed by atoms with Gasteiger partial charge in [-0.15, -0.1) is 0 Å². The zero-order valence-corrected chi connectivity index (χ0v) is 15.4. The van der Waals surface area contributed by atoms with E-state index in [-0.39, 0.29) is 17.6 Å². The Kier molecular flexibility index (Phi) is 5.97. The fraction of sp³-hybridized carbons (Fsp3) is 0.0870. The first-order chi connectivity index (χ1) is 13.5. The summed E-state index contributed by atoms with van der Waals surface area (Å²) < 4.78 is 0. The number of carbonyl (C=O) groups excluding carboxylic acids is 3. The normalized spacial score (nSPS) is 10.2. The molecule has 5 heteroatoms. The standard InChI is InChI=1S/C23H20N2O3/c1-16(26)25-19-13-11-17(12-14-19)15-24-23(28)21-10-6-5-9-20(21)22(27)18-7-3-2-4-8-18/h2-14H,15H2,1H3,(H,24,28)(H,25,26). The summed E-state index contributed by atoms with van der Waals surface area (Å²) >= 11 is 0. The summed E-state index contributed by atoms with van der Waals surface area (Å²) in [5, 5.41) is 5.54. The van der Waals surface area contributed by atoms with Crippen LogP contribution in [0.3, 0.4) is 0 Å². The Morgan fingerprint density at radius 2 is 1.36 bits per heavy atom. The van der Waals surface area contributed by atoms with Gasteiger partial charge in [-0.3, -0.25) is 14.4 Å². The first-order valence-corrected chi connectivity index (χ1v) is 8.88. The van der Waals surface area contributed by atoms with Crippen molar-refractivity contribution in [1.82, 2.24) is 5.32 Å². The zero-order valence-electron chi connectivity index (χ0n) is 15.4. The molecule has 0 fully saturated rings. The van der Waals surface area contributed by atoms with Gasteiger partial charge >= 0.3 is 0 Å². The average molecular weight is 372 g/mol. The van der Waals surface area contributed by atoms with Crippen LogP contribution in [0, 0.1) is 0 Å². The molecule has 0 aliphatic heterocycles. The highest BCUT2D eigenvalue weighted by Gasteiger charge is 2.17. The molecule has 0 heterocycles. The van der Waals surface area contributed by atoms with Crippen LogP contribution >= 0.6 is 0 Å². The molecule has 2 N–H and O–H groups in total. The van der Waals surface area contributed by atoms with Gasteiger partial charge in [0.05, 0.1) is 5.56 Å². The second-order valence-corrected chi connectivity index (χ2v) is 6.30. The Labute approximate surface area is 163 Å². The van der Waals surface area contributed by atoms with Crippen LogP contribution in [0.4, 0.5) is 5.69 Å². The maximum absolute atomic E-state index is 12.8. The highest BCUT2D eigenvalue weighted by molar-refractivity contribution is 6.15. The molecule has 2 amide bonds. The van der Waals surface area contributed by atoms with Crippen LogP contribution < -0.4 is 10.6 Å². The largest absolute Gasteiger partial charge is 0.348 e. The van der Waals surface area contributed by atoms with Crippen LogP contribution in [-0.2, 0) is 11.3 Å². The molecular formula is C23H20N2O3. The van der Waals surface area contributed by atoms with Crippen LogP contribution in [-0.4, -0.2) is 17.6 Å². The molecule has 3 aromatic rings. The first-order valence-electron chi connectivity index (χ1n) is 8.88. The van der Waals surface area contributed by atoms with Crippen molar-refractivity contribution in [1.29, 1.82) is 0 Å². The lowest BCUT2D eigenvalue weighted by Crippen LogP contribution is -2.25. The minimum absolute atomic E-state index is 0.138. The van der Waals surface area contributed by atoms with E-state index >= 15 is 0 Å². The van der Waals surface area contributed by atoms with Crippen LogP contribution in [0.15, 0.2) is 78.9 Å². The molecule has 0 radical (unpaired) electrons. The van der Waals surface area contributed by atoms with E-state index < -0.39 is 0 Å². The van der Waals surface area contributed by atoms with Gasteiger partial charge in [0.1, 0.15) is 0 Å². The highest BCUT2D eigenvalue weighted by atomic mass is 16.2. The molecule has 0 atom stereocenters.